The molecule has 0 amide bonds. The van der Waals surface area contributed by atoms with Crippen LogP contribution in [0.5, 0.6) is 0 Å². The molecule has 0 aromatic carbocycles. The summed E-state index contributed by atoms with van der Waals surface area (Å²) < 4.78 is 5.18. The minimum absolute atomic E-state index is 0.0249. The van der Waals surface area contributed by atoms with Gasteiger partial charge in [-0.15, -0.1) is 0 Å². The summed E-state index contributed by atoms with van der Waals surface area (Å²) in [4.78, 5) is 11.9. The Morgan fingerprint density at radius 3 is 3.29 bits per heavy atom. The van der Waals surface area contributed by atoms with Crippen LogP contribution in [0.3, 0.4) is 0 Å². The standard InChI is InChI=1S/C11H19NO2/c1-2-14-10(13)11-5-3-4-9(6-11)7-12-8-11/h9,12H,2-8H2,1H3/t9-,11-/m1/s1. The molecule has 0 aromatic rings. The Hall–Kier alpha value is -0.570. The van der Waals surface area contributed by atoms with Gasteiger partial charge in [-0.05, 0) is 38.6 Å². The molecule has 1 saturated heterocycles. The molecule has 0 radical (unpaired) electrons. The smallest absolute Gasteiger partial charge is 0.313 e. The molecule has 0 unspecified atom stereocenters. The Kier molecular flexibility index (Phi) is 2.77. The number of fused-ring (bicyclic) bond motifs is 2. The van der Waals surface area contributed by atoms with Crippen molar-refractivity contribution in [2.24, 2.45) is 11.3 Å². The van der Waals surface area contributed by atoms with E-state index < -0.39 is 0 Å². The molecule has 3 nitrogen and oxygen atoms in total. The first-order valence-electron chi connectivity index (χ1n) is 5.65. The molecule has 1 aliphatic heterocycles. The maximum absolute atomic E-state index is 11.9. The first kappa shape index (κ1) is 9.97. The lowest BCUT2D eigenvalue weighted by atomic mass is 9.67. The van der Waals surface area contributed by atoms with Gasteiger partial charge in [0.2, 0.25) is 0 Å². The molecule has 3 heteroatoms. The van der Waals surface area contributed by atoms with Crippen LogP contribution in [0.1, 0.15) is 32.6 Å². The summed E-state index contributed by atoms with van der Waals surface area (Å²) in [7, 11) is 0. The Morgan fingerprint density at radius 1 is 1.64 bits per heavy atom. The molecular weight excluding hydrogens is 178 g/mol. The van der Waals surface area contributed by atoms with E-state index >= 15 is 0 Å². The van der Waals surface area contributed by atoms with Crippen molar-refractivity contribution in [1.29, 1.82) is 0 Å². The average Bonchev–Trinajstić information content (AvgIpc) is 2.18. The van der Waals surface area contributed by atoms with Gasteiger partial charge in [-0.1, -0.05) is 6.42 Å². The monoisotopic (exact) mass is 197 g/mol. The van der Waals surface area contributed by atoms with Crippen LogP contribution in [0.4, 0.5) is 0 Å². The minimum Gasteiger partial charge on any atom is -0.466 e. The van der Waals surface area contributed by atoms with Crippen molar-refractivity contribution in [2.45, 2.75) is 32.6 Å². The molecular formula is C11H19NO2. The van der Waals surface area contributed by atoms with E-state index in [9.17, 15) is 4.79 Å². The predicted molar refractivity (Wildman–Crippen MR) is 53.9 cm³/mol. The van der Waals surface area contributed by atoms with Crippen molar-refractivity contribution in [1.82, 2.24) is 5.32 Å². The van der Waals surface area contributed by atoms with E-state index in [1.54, 1.807) is 0 Å². The fourth-order valence-electron chi connectivity index (χ4n) is 2.88. The van der Waals surface area contributed by atoms with E-state index in [2.05, 4.69) is 5.32 Å². The number of hydrogen-bond donors (Lipinski definition) is 1. The van der Waals surface area contributed by atoms with E-state index in [1.807, 2.05) is 6.92 Å². The lowest BCUT2D eigenvalue weighted by molar-refractivity contribution is -0.160. The van der Waals surface area contributed by atoms with Gasteiger partial charge in [0, 0.05) is 6.54 Å². The van der Waals surface area contributed by atoms with Crippen molar-refractivity contribution in [2.75, 3.05) is 19.7 Å². The summed E-state index contributed by atoms with van der Waals surface area (Å²) in [5.74, 6) is 0.721. The van der Waals surface area contributed by atoms with E-state index in [1.165, 1.54) is 12.8 Å². The summed E-state index contributed by atoms with van der Waals surface area (Å²) in [6, 6.07) is 0. The molecule has 1 N–H and O–H groups in total. The highest BCUT2D eigenvalue weighted by atomic mass is 16.5. The van der Waals surface area contributed by atoms with Gasteiger partial charge in [0.1, 0.15) is 0 Å². The van der Waals surface area contributed by atoms with Gasteiger partial charge in [-0.25, -0.2) is 0 Å². The molecule has 80 valence electrons. The largest absolute Gasteiger partial charge is 0.466 e. The number of rotatable bonds is 2. The van der Waals surface area contributed by atoms with Crippen molar-refractivity contribution >= 4 is 5.97 Å². The van der Waals surface area contributed by atoms with E-state index in [0.717, 1.165) is 25.9 Å². The second-order valence-corrected chi connectivity index (χ2v) is 4.59. The van der Waals surface area contributed by atoms with Crippen molar-refractivity contribution in [3.05, 3.63) is 0 Å². The number of nitrogens with one attached hydrogen (secondary N) is 1. The Balaban J connectivity index is 2.08. The van der Waals surface area contributed by atoms with Crippen molar-refractivity contribution < 1.29 is 9.53 Å². The SMILES string of the molecule is CCOC(=O)[C@@]12CCC[C@@H](CNC1)C2. The number of piperidine rings is 1. The van der Waals surface area contributed by atoms with Crippen molar-refractivity contribution in [3.8, 4) is 0 Å². The fraction of sp³-hybridized carbons (Fsp3) is 0.909. The molecule has 1 saturated carbocycles. The van der Waals surface area contributed by atoms with E-state index in [4.69, 9.17) is 4.74 Å². The van der Waals surface area contributed by atoms with E-state index in [-0.39, 0.29) is 11.4 Å². The Labute approximate surface area is 85.2 Å². The van der Waals surface area contributed by atoms with Gasteiger partial charge in [0.25, 0.3) is 0 Å². The zero-order chi connectivity index (χ0) is 10.0. The lowest BCUT2D eigenvalue weighted by Gasteiger charge is -2.43. The van der Waals surface area contributed by atoms with Crippen LogP contribution in [0.15, 0.2) is 0 Å². The van der Waals surface area contributed by atoms with Gasteiger partial charge in [0.15, 0.2) is 0 Å². The number of carbonyl (C=O) groups excluding carboxylic acids is 1. The number of ether oxygens (including phenoxy) is 1. The highest BCUT2D eigenvalue weighted by Crippen LogP contribution is 2.42. The minimum atomic E-state index is -0.183. The van der Waals surface area contributed by atoms with Gasteiger partial charge >= 0.3 is 5.97 Å². The number of hydrogen-bond acceptors (Lipinski definition) is 3. The molecule has 2 atom stereocenters. The molecule has 0 spiro atoms. The van der Waals surface area contributed by atoms with Crippen LogP contribution in [0.2, 0.25) is 0 Å². The second kappa shape index (κ2) is 3.89. The quantitative estimate of drug-likeness (QED) is 0.679. The maximum atomic E-state index is 11.9. The fourth-order valence-corrected chi connectivity index (χ4v) is 2.88. The average molecular weight is 197 g/mol. The zero-order valence-electron chi connectivity index (χ0n) is 8.84. The zero-order valence-corrected chi connectivity index (χ0v) is 8.84. The lowest BCUT2D eigenvalue weighted by Crippen LogP contribution is -2.51. The molecule has 1 aliphatic carbocycles. The topological polar surface area (TPSA) is 38.3 Å². The van der Waals surface area contributed by atoms with Crippen LogP contribution in [-0.2, 0) is 9.53 Å². The first-order chi connectivity index (χ1) is 6.77. The van der Waals surface area contributed by atoms with Crippen LogP contribution >= 0.6 is 0 Å². The van der Waals surface area contributed by atoms with Gasteiger partial charge in [0.05, 0.1) is 12.0 Å². The summed E-state index contributed by atoms with van der Waals surface area (Å²) in [6.07, 6.45) is 4.51. The van der Waals surface area contributed by atoms with Crippen LogP contribution in [0.25, 0.3) is 0 Å². The first-order valence-corrected chi connectivity index (χ1v) is 5.65. The van der Waals surface area contributed by atoms with Gasteiger partial charge < -0.3 is 10.1 Å². The molecule has 14 heavy (non-hydrogen) atoms. The van der Waals surface area contributed by atoms with Crippen molar-refractivity contribution in [3.63, 3.8) is 0 Å². The molecule has 2 rings (SSSR count). The van der Waals surface area contributed by atoms with Gasteiger partial charge in [-0.2, -0.15) is 0 Å². The van der Waals surface area contributed by atoms with Crippen LogP contribution < -0.4 is 5.32 Å². The Bertz CT molecular complexity index is 217. The molecule has 1 heterocycles. The van der Waals surface area contributed by atoms with Crippen LogP contribution in [0, 0.1) is 11.3 Å². The highest BCUT2D eigenvalue weighted by Gasteiger charge is 2.45. The van der Waals surface area contributed by atoms with E-state index in [0.29, 0.717) is 12.5 Å². The molecule has 2 fully saturated rings. The third-order valence-corrected chi connectivity index (χ3v) is 3.55. The normalized spacial score (nSPS) is 36.5. The Morgan fingerprint density at radius 2 is 2.50 bits per heavy atom. The third kappa shape index (κ3) is 1.65. The second-order valence-electron chi connectivity index (χ2n) is 4.59. The summed E-state index contributed by atoms with van der Waals surface area (Å²) >= 11 is 0. The molecule has 2 aliphatic rings. The number of esters is 1. The summed E-state index contributed by atoms with van der Waals surface area (Å²) in [6.45, 7) is 4.29. The highest BCUT2D eigenvalue weighted by molar-refractivity contribution is 5.77. The number of carbonyl (C=O) groups is 1. The van der Waals surface area contributed by atoms with Gasteiger partial charge in [-0.3, -0.25) is 4.79 Å². The molecule has 0 aromatic heterocycles. The summed E-state index contributed by atoms with van der Waals surface area (Å²) in [5.41, 5.74) is -0.183. The third-order valence-electron chi connectivity index (χ3n) is 3.55. The maximum Gasteiger partial charge on any atom is 0.313 e. The predicted octanol–water partition coefficient (Wildman–Crippen LogP) is 1.33. The summed E-state index contributed by atoms with van der Waals surface area (Å²) in [5, 5.41) is 3.37. The molecule has 2 bridgehead atoms. The van der Waals surface area contributed by atoms with Crippen LogP contribution in [-0.4, -0.2) is 25.7 Å².